The number of carbonyl (C=O) groups excluding carboxylic acids is 2. The van der Waals surface area contributed by atoms with E-state index in [1.807, 2.05) is 0 Å². The third kappa shape index (κ3) is 3.85. The van der Waals surface area contributed by atoms with Gasteiger partial charge in [-0.05, 0) is 54.1 Å². The van der Waals surface area contributed by atoms with Crippen molar-refractivity contribution in [2.75, 3.05) is 7.11 Å². The number of aliphatic hydroxyl groups is 1. The molecular weight excluding hydrogens is 396 g/mol. The van der Waals surface area contributed by atoms with Crippen molar-refractivity contribution >= 4 is 17.4 Å². The van der Waals surface area contributed by atoms with Crippen molar-refractivity contribution in [2.45, 2.75) is 12.6 Å². The Morgan fingerprint density at radius 3 is 2.48 bits per heavy atom. The molecule has 3 aromatic rings. The van der Waals surface area contributed by atoms with Gasteiger partial charge in [0, 0.05) is 11.8 Å². The van der Waals surface area contributed by atoms with Gasteiger partial charge >= 0.3 is 0 Å². The number of pyridine rings is 1. The van der Waals surface area contributed by atoms with Crippen LogP contribution in [0.25, 0.3) is 5.76 Å². The minimum atomic E-state index is -0.879. The van der Waals surface area contributed by atoms with Crippen LogP contribution in [-0.4, -0.2) is 38.9 Å². The quantitative estimate of drug-likeness (QED) is 0.376. The number of phenols is 1. The number of likely N-dealkylation sites (tertiary alicyclic amines) is 1. The Hall–Kier alpha value is -4.13. The molecule has 2 heterocycles. The second kappa shape index (κ2) is 8.31. The van der Waals surface area contributed by atoms with Crippen LogP contribution in [0, 0.1) is 0 Å². The summed E-state index contributed by atoms with van der Waals surface area (Å²) in [7, 11) is 1.53. The molecule has 1 fully saturated rings. The predicted molar refractivity (Wildman–Crippen MR) is 113 cm³/mol. The highest BCUT2D eigenvalue weighted by Gasteiger charge is 2.46. The molecular formula is C24H20N2O5. The molecule has 0 bridgehead atoms. The van der Waals surface area contributed by atoms with E-state index in [1.54, 1.807) is 60.8 Å². The minimum absolute atomic E-state index is 0.00892. The number of Topliss-reactive ketones (excluding diaryl/α,β-unsaturated/α-hetero) is 1. The summed E-state index contributed by atoms with van der Waals surface area (Å²) in [5, 5.41) is 21.0. The van der Waals surface area contributed by atoms with Gasteiger partial charge < -0.3 is 19.8 Å². The molecule has 0 saturated carbocycles. The highest BCUT2D eigenvalue weighted by molar-refractivity contribution is 6.46. The fourth-order valence-corrected chi connectivity index (χ4v) is 3.66. The molecule has 31 heavy (non-hydrogen) atoms. The zero-order valence-corrected chi connectivity index (χ0v) is 16.7. The molecule has 2 aromatic carbocycles. The highest BCUT2D eigenvalue weighted by Crippen LogP contribution is 2.41. The monoisotopic (exact) mass is 416 g/mol. The summed E-state index contributed by atoms with van der Waals surface area (Å²) in [5.74, 6) is -1.24. The van der Waals surface area contributed by atoms with E-state index in [4.69, 9.17) is 4.74 Å². The number of benzene rings is 2. The van der Waals surface area contributed by atoms with Gasteiger partial charge in [-0.3, -0.25) is 14.6 Å². The molecule has 0 spiro atoms. The lowest BCUT2D eigenvalue weighted by Gasteiger charge is -2.25. The van der Waals surface area contributed by atoms with E-state index in [2.05, 4.69) is 4.98 Å². The smallest absolute Gasteiger partial charge is 0.296 e. The van der Waals surface area contributed by atoms with E-state index in [1.165, 1.54) is 24.1 Å². The lowest BCUT2D eigenvalue weighted by molar-refractivity contribution is -0.140. The van der Waals surface area contributed by atoms with Gasteiger partial charge in [0.2, 0.25) is 0 Å². The maximum absolute atomic E-state index is 13.0. The Balaban J connectivity index is 1.85. The number of phenolic OH excluding ortho intramolecular Hbond substituents is 1. The lowest BCUT2D eigenvalue weighted by Crippen LogP contribution is -2.29. The number of hydrogen-bond acceptors (Lipinski definition) is 6. The highest BCUT2D eigenvalue weighted by atomic mass is 16.5. The molecule has 2 N–H and O–H groups in total. The number of carbonyl (C=O) groups is 2. The van der Waals surface area contributed by atoms with Crippen molar-refractivity contribution in [3.63, 3.8) is 0 Å². The van der Waals surface area contributed by atoms with Gasteiger partial charge in [-0.2, -0.15) is 0 Å². The summed E-state index contributed by atoms with van der Waals surface area (Å²) in [5.41, 5.74) is 1.43. The molecule has 1 aliphatic heterocycles. The van der Waals surface area contributed by atoms with Crippen LogP contribution in [0.15, 0.2) is 78.5 Å². The number of ketones is 1. The van der Waals surface area contributed by atoms with Crippen molar-refractivity contribution in [3.05, 3.63) is 95.3 Å². The maximum Gasteiger partial charge on any atom is 0.296 e. The Morgan fingerprint density at radius 2 is 1.84 bits per heavy atom. The van der Waals surface area contributed by atoms with Crippen LogP contribution >= 0.6 is 0 Å². The van der Waals surface area contributed by atoms with Crippen molar-refractivity contribution < 1.29 is 24.5 Å². The van der Waals surface area contributed by atoms with E-state index < -0.39 is 17.7 Å². The summed E-state index contributed by atoms with van der Waals surface area (Å²) >= 11 is 0. The first kappa shape index (κ1) is 20.2. The Bertz CT molecular complexity index is 1160. The summed E-state index contributed by atoms with van der Waals surface area (Å²) in [4.78, 5) is 31.5. The third-order valence-corrected chi connectivity index (χ3v) is 5.15. The molecule has 1 aliphatic rings. The molecule has 156 valence electrons. The molecule has 0 aliphatic carbocycles. The summed E-state index contributed by atoms with van der Waals surface area (Å²) < 4.78 is 5.14. The van der Waals surface area contributed by atoms with E-state index in [0.29, 0.717) is 22.6 Å². The molecule has 0 radical (unpaired) electrons. The number of hydrogen-bond donors (Lipinski definition) is 2. The van der Waals surface area contributed by atoms with Crippen LogP contribution < -0.4 is 4.74 Å². The standard InChI is InChI=1S/C24H20N2O5/c1-31-19-10-8-15(9-11-19)22(28)20-21(16-5-4-7-18(27)13-16)26(24(30)23(20)29)14-17-6-2-3-12-25-17/h2-13,21,27-28H,14H2,1H3/b22-20-. The first-order valence-corrected chi connectivity index (χ1v) is 9.61. The third-order valence-electron chi connectivity index (χ3n) is 5.15. The van der Waals surface area contributed by atoms with Crippen LogP contribution in [0.5, 0.6) is 11.5 Å². The van der Waals surface area contributed by atoms with E-state index in [-0.39, 0.29) is 23.6 Å². The van der Waals surface area contributed by atoms with Gasteiger partial charge in [-0.1, -0.05) is 18.2 Å². The maximum atomic E-state index is 13.0. The van der Waals surface area contributed by atoms with Gasteiger partial charge in [0.05, 0.1) is 31.0 Å². The average molecular weight is 416 g/mol. The van der Waals surface area contributed by atoms with Crippen LogP contribution in [0.1, 0.15) is 22.9 Å². The van der Waals surface area contributed by atoms with Gasteiger partial charge in [0.25, 0.3) is 11.7 Å². The number of ether oxygens (including phenoxy) is 1. The molecule has 4 rings (SSSR count). The first-order chi connectivity index (χ1) is 15.0. The van der Waals surface area contributed by atoms with Crippen LogP contribution in [0.2, 0.25) is 0 Å². The molecule has 1 unspecified atom stereocenters. The first-order valence-electron chi connectivity index (χ1n) is 9.61. The normalized spacial score (nSPS) is 17.7. The van der Waals surface area contributed by atoms with Gasteiger partial charge in [-0.15, -0.1) is 0 Å². The molecule has 7 nitrogen and oxygen atoms in total. The number of aliphatic hydroxyl groups excluding tert-OH is 1. The Labute approximate surface area is 178 Å². The molecule has 7 heteroatoms. The number of aromatic nitrogens is 1. The number of rotatable bonds is 5. The van der Waals surface area contributed by atoms with Gasteiger partial charge in [0.15, 0.2) is 0 Å². The Kier molecular flexibility index (Phi) is 5.41. The van der Waals surface area contributed by atoms with E-state index in [9.17, 15) is 19.8 Å². The van der Waals surface area contributed by atoms with E-state index in [0.717, 1.165) is 0 Å². The molecule has 1 amide bonds. The summed E-state index contributed by atoms with van der Waals surface area (Å²) in [6, 6.07) is 17.2. The van der Waals surface area contributed by atoms with Crippen molar-refractivity contribution in [1.82, 2.24) is 9.88 Å². The number of aromatic hydroxyl groups is 1. The second-order valence-electron chi connectivity index (χ2n) is 7.07. The van der Waals surface area contributed by atoms with Crippen LogP contribution in [0.3, 0.4) is 0 Å². The summed E-state index contributed by atoms with van der Waals surface area (Å²) in [6.07, 6.45) is 1.60. The zero-order chi connectivity index (χ0) is 22.0. The lowest BCUT2D eigenvalue weighted by atomic mass is 9.95. The number of nitrogens with zero attached hydrogens (tertiary/aromatic N) is 2. The van der Waals surface area contributed by atoms with Crippen molar-refractivity contribution in [3.8, 4) is 11.5 Å². The molecule has 1 atom stereocenters. The average Bonchev–Trinajstić information content (AvgIpc) is 3.04. The molecule has 1 saturated heterocycles. The summed E-state index contributed by atoms with van der Waals surface area (Å²) in [6.45, 7) is 0.0745. The van der Waals surface area contributed by atoms with Crippen LogP contribution in [0.4, 0.5) is 0 Å². The minimum Gasteiger partial charge on any atom is -0.508 e. The second-order valence-corrected chi connectivity index (χ2v) is 7.07. The predicted octanol–water partition coefficient (Wildman–Crippen LogP) is 3.42. The Morgan fingerprint density at radius 1 is 1.06 bits per heavy atom. The fraction of sp³-hybridized carbons (Fsp3) is 0.125. The van der Waals surface area contributed by atoms with Crippen molar-refractivity contribution in [2.24, 2.45) is 0 Å². The van der Waals surface area contributed by atoms with Gasteiger partial charge in [0.1, 0.15) is 17.3 Å². The van der Waals surface area contributed by atoms with Crippen LogP contribution in [-0.2, 0) is 16.1 Å². The van der Waals surface area contributed by atoms with E-state index >= 15 is 0 Å². The zero-order valence-electron chi connectivity index (χ0n) is 16.7. The SMILES string of the molecule is COc1ccc(/C(O)=C2/C(=O)C(=O)N(Cc3ccccn3)C2c2cccc(O)c2)cc1. The topological polar surface area (TPSA) is 100.0 Å². The van der Waals surface area contributed by atoms with Gasteiger partial charge in [-0.25, -0.2) is 0 Å². The molecule has 1 aromatic heterocycles. The largest absolute Gasteiger partial charge is 0.508 e. The number of methoxy groups -OCH3 is 1. The number of amides is 1. The fourth-order valence-electron chi connectivity index (χ4n) is 3.66. The van der Waals surface area contributed by atoms with Crippen molar-refractivity contribution in [1.29, 1.82) is 0 Å².